The summed E-state index contributed by atoms with van der Waals surface area (Å²) >= 11 is 1.96. The summed E-state index contributed by atoms with van der Waals surface area (Å²) in [5, 5.41) is 1.43. The number of thiophene rings is 1. The molecule has 0 N–H and O–H groups in total. The molecule has 0 saturated carbocycles. The highest BCUT2D eigenvalue weighted by Crippen LogP contribution is 2.32. The standard InChI is InChI=1S/C19H19NS/c1-14-17-8-4-5-9-18(17)21-19(14)13-20-11-10-15-6-2-3-7-16(15)12-20/h2-9H,10-13H2,1H3. The van der Waals surface area contributed by atoms with Crippen LogP contribution in [-0.2, 0) is 19.5 Å². The van der Waals surface area contributed by atoms with E-state index in [1.54, 1.807) is 0 Å². The van der Waals surface area contributed by atoms with E-state index in [1.807, 2.05) is 11.3 Å². The number of benzene rings is 2. The van der Waals surface area contributed by atoms with E-state index < -0.39 is 0 Å². The van der Waals surface area contributed by atoms with E-state index in [0.29, 0.717) is 0 Å². The van der Waals surface area contributed by atoms with Gasteiger partial charge in [-0.15, -0.1) is 11.3 Å². The van der Waals surface area contributed by atoms with Crippen LogP contribution in [0, 0.1) is 6.92 Å². The lowest BCUT2D eigenvalue weighted by atomic mass is 10.00. The molecule has 1 nitrogen and oxygen atoms in total. The lowest BCUT2D eigenvalue weighted by Gasteiger charge is -2.28. The van der Waals surface area contributed by atoms with Crippen molar-refractivity contribution in [3.8, 4) is 0 Å². The largest absolute Gasteiger partial charge is 0.294 e. The molecule has 0 atom stereocenters. The smallest absolute Gasteiger partial charge is 0.0348 e. The van der Waals surface area contributed by atoms with Crippen molar-refractivity contribution in [2.75, 3.05) is 6.54 Å². The van der Waals surface area contributed by atoms with Crippen molar-refractivity contribution in [1.29, 1.82) is 0 Å². The molecule has 1 aliphatic heterocycles. The van der Waals surface area contributed by atoms with Gasteiger partial charge in [-0.25, -0.2) is 0 Å². The fourth-order valence-corrected chi connectivity index (χ4v) is 4.52. The molecule has 106 valence electrons. The minimum atomic E-state index is 1.08. The van der Waals surface area contributed by atoms with Gasteiger partial charge in [0, 0.05) is 29.2 Å². The van der Waals surface area contributed by atoms with Crippen molar-refractivity contribution in [1.82, 2.24) is 4.90 Å². The Morgan fingerprint density at radius 3 is 2.62 bits per heavy atom. The molecule has 0 fully saturated rings. The quantitative estimate of drug-likeness (QED) is 0.658. The third-order valence-electron chi connectivity index (χ3n) is 4.52. The zero-order valence-electron chi connectivity index (χ0n) is 12.3. The van der Waals surface area contributed by atoms with Gasteiger partial charge in [-0.2, -0.15) is 0 Å². The Balaban J connectivity index is 1.60. The molecule has 0 saturated heterocycles. The van der Waals surface area contributed by atoms with E-state index in [2.05, 4.69) is 60.4 Å². The van der Waals surface area contributed by atoms with Gasteiger partial charge < -0.3 is 0 Å². The molecule has 0 aliphatic carbocycles. The lowest BCUT2D eigenvalue weighted by molar-refractivity contribution is 0.247. The molecule has 1 aliphatic rings. The van der Waals surface area contributed by atoms with Gasteiger partial charge in [0.1, 0.15) is 0 Å². The van der Waals surface area contributed by atoms with Crippen LogP contribution in [0.25, 0.3) is 10.1 Å². The van der Waals surface area contributed by atoms with Crippen molar-refractivity contribution < 1.29 is 0 Å². The third-order valence-corrected chi connectivity index (χ3v) is 5.78. The van der Waals surface area contributed by atoms with Crippen LogP contribution in [0.2, 0.25) is 0 Å². The number of aryl methyl sites for hydroxylation is 1. The number of hydrogen-bond acceptors (Lipinski definition) is 2. The van der Waals surface area contributed by atoms with Crippen molar-refractivity contribution in [2.24, 2.45) is 0 Å². The minimum Gasteiger partial charge on any atom is -0.294 e. The van der Waals surface area contributed by atoms with Crippen LogP contribution < -0.4 is 0 Å². The first-order valence-electron chi connectivity index (χ1n) is 7.57. The predicted octanol–water partition coefficient (Wildman–Crippen LogP) is 4.77. The molecule has 21 heavy (non-hydrogen) atoms. The minimum absolute atomic E-state index is 1.08. The normalized spacial score (nSPS) is 15.3. The first-order chi connectivity index (χ1) is 10.3. The molecule has 4 rings (SSSR count). The number of rotatable bonds is 2. The fraction of sp³-hybridized carbons (Fsp3) is 0.263. The van der Waals surface area contributed by atoms with E-state index in [9.17, 15) is 0 Å². The van der Waals surface area contributed by atoms with Crippen LogP contribution >= 0.6 is 11.3 Å². The molecule has 3 aromatic rings. The molecule has 0 radical (unpaired) electrons. The van der Waals surface area contributed by atoms with E-state index in [0.717, 1.165) is 13.1 Å². The molecule has 2 aromatic carbocycles. The van der Waals surface area contributed by atoms with Crippen molar-refractivity contribution in [3.63, 3.8) is 0 Å². The topological polar surface area (TPSA) is 3.24 Å². The average Bonchev–Trinajstić information content (AvgIpc) is 2.84. The molecule has 0 spiro atoms. The predicted molar refractivity (Wildman–Crippen MR) is 90.8 cm³/mol. The van der Waals surface area contributed by atoms with Crippen LogP contribution in [0.4, 0.5) is 0 Å². The fourth-order valence-electron chi connectivity index (χ4n) is 3.27. The van der Waals surface area contributed by atoms with Crippen molar-refractivity contribution in [2.45, 2.75) is 26.4 Å². The number of hydrogen-bond donors (Lipinski definition) is 0. The summed E-state index contributed by atoms with van der Waals surface area (Å²) in [6.45, 7) is 5.61. The molecule has 2 heterocycles. The Hall–Kier alpha value is -1.64. The summed E-state index contributed by atoms with van der Waals surface area (Å²) < 4.78 is 1.42. The van der Waals surface area contributed by atoms with E-state index in [1.165, 1.54) is 44.6 Å². The van der Waals surface area contributed by atoms with Crippen molar-refractivity contribution in [3.05, 3.63) is 70.1 Å². The van der Waals surface area contributed by atoms with Crippen molar-refractivity contribution >= 4 is 21.4 Å². The molecule has 0 unspecified atom stereocenters. The average molecular weight is 293 g/mol. The second kappa shape index (κ2) is 5.28. The zero-order chi connectivity index (χ0) is 14.2. The summed E-state index contributed by atoms with van der Waals surface area (Å²) in [5.74, 6) is 0. The maximum Gasteiger partial charge on any atom is 0.0348 e. The van der Waals surface area contributed by atoms with Crippen LogP contribution in [-0.4, -0.2) is 11.4 Å². The highest BCUT2D eigenvalue weighted by Gasteiger charge is 2.18. The molecule has 2 heteroatoms. The van der Waals surface area contributed by atoms with E-state index >= 15 is 0 Å². The summed E-state index contributed by atoms with van der Waals surface area (Å²) in [7, 11) is 0. The SMILES string of the molecule is Cc1c(CN2CCc3ccccc3C2)sc2ccccc12. The van der Waals surface area contributed by atoms with Crippen LogP contribution in [0.15, 0.2) is 48.5 Å². The Morgan fingerprint density at radius 2 is 1.76 bits per heavy atom. The van der Waals surface area contributed by atoms with Crippen LogP contribution in [0.5, 0.6) is 0 Å². The summed E-state index contributed by atoms with van der Waals surface area (Å²) in [6.07, 6.45) is 1.18. The van der Waals surface area contributed by atoms with Gasteiger partial charge in [-0.3, -0.25) is 4.90 Å². The molecule has 0 amide bonds. The monoisotopic (exact) mass is 293 g/mol. The maximum absolute atomic E-state index is 2.58. The zero-order valence-corrected chi connectivity index (χ0v) is 13.1. The highest BCUT2D eigenvalue weighted by molar-refractivity contribution is 7.19. The highest BCUT2D eigenvalue weighted by atomic mass is 32.1. The van der Waals surface area contributed by atoms with Gasteiger partial charge >= 0.3 is 0 Å². The van der Waals surface area contributed by atoms with Gasteiger partial charge in [0.15, 0.2) is 0 Å². The second-order valence-electron chi connectivity index (χ2n) is 5.88. The van der Waals surface area contributed by atoms with Crippen LogP contribution in [0.3, 0.4) is 0 Å². The Bertz CT molecular complexity index is 787. The van der Waals surface area contributed by atoms with Gasteiger partial charge in [0.2, 0.25) is 0 Å². The first-order valence-corrected chi connectivity index (χ1v) is 8.39. The van der Waals surface area contributed by atoms with Gasteiger partial charge in [0.25, 0.3) is 0 Å². The second-order valence-corrected chi connectivity index (χ2v) is 7.01. The Kier molecular flexibility index (Phi) is 3.28. The summed E-state index contributed by atoms with van der Waals surface area (Å²) in [4.78, 5) is 4.11. The summed E-state index contributed by atoms with van der Waals surface area (Å²) in [5.41, 5.74) is 4.50. The molecule has 1 aromatic heterocycles. The maximum atomic E-state index is 2.58. The molecular weight excluding hydrogens is 274 g/mol. The van der Waals surface area contributed by atoms with E-state index in [-0.39, 0.29) is 0 Å². The van der Waals surface area contributed by atoms with Gasteiger partial charge in [-0.05, 0) is 41.5 Å². The Labute approximate surface area is 129 Å². The Morgan fingerprint density at radius 1 is 1.00 bits per heavy atom. The van der Waals surface area contributed by atoms with Crippen LogP contribution in [0.1, 0.15) is 21.6 Å². The molecular formula is C19H19NS. The van der Waals surface area contributed by atoms with Gasteiger partial charge in [0.05, 0.1) is 0 Å². The third kappa shape index (κ3) is 2.39. The number of fused-ring (bicyclic) bond motifs is 2. The summed E-state index contributed by atoms with van der Waals surface area (Å²) in [6, 6.07) is 17.6. The first kappa shape index (κ1) is 13.1. The van der Waals surface area contributed by atoms with Gasteiger partial charge in [-0.1, -0.05) is 42.5 Å². The number of nitrogens with zero attached hydrogens (tertiary/aromatic N) is 1. The molecule has 0 bridgehead atoms. The lowest BCUT2D eigenvalue weighted by Crippen LogP contribution is -2.29. The van der Waals surface area contributed by atoms with E-state index in [4.69, 9.17) is 0 Å².